The normalized spacial score (nSPS) is 12.8. The van der Waals surface area contributed by atoms with Crippen LogP contribution < -0.4 is 0 Å². The molecule has 2 aromatic carbocycles. The minimum absolute atomic E-state index is 0.136. The van der Waals surface area contributed by atoms with E-state index in [-0.39, 0.29) is 11.3 Å². The zero-order valence-corrected chi connectivity index (χ0v) is 16.0. The van der Waals surface area contributed by atoms with E-state index in [9.17, 15) is 18.0 Å². The Hall–Kier alpha value is -3.13. The molecule has 0 aliphatic rings. The maximum absolute atomic E-state index is 13.2. The first-order valence-corrected chi connectivity index (χ1v) is 9.67. The van der Waals surface area contributed by atoms with E-state index in [1.54, 1.807) is 30.3 Å². The standard InChI is InChI=1S/C21H15F3N2O2S/c1-2-26-16-7-5-12(19(27)18-4-3-9-29-18)10-14(16)15-11-13(6-8-17(15)26)20(25-28)21(22,23)24/h3-11,28H,2H2,1H3/b25-20-. The van der Waals surface area contributed by atoms with Gasteiger partial charge >= 0.3 is 6.18 Å². The first-order chi connectivity index (χ1) is 13.8. The van der Waals surface area contributed by atoms with Gasteiger partial charge in [0.15, 0.2) is 5.71 Å². The molecule has 0 radical (unpaired) electrons. The molecule has 29 heavy (non-hydrogen) atoms. The lowest BCUT2D eigenvalue weighted by Crippen LogP contribution is -2.24. The number of ketones is 1. The maximum Gasteiger partial charge on any atom is 0.437 e. The van der Waals surface area contributed by atoms with Crippen LogP contribution in [0.15, 0.2) is 59.1 Å². The Labute approximate surface area is 167 Å². The Bertz CT molecular complexity index is 1250. The Morgan fingerprint density at radius 1 is 1.07 bits per heavy atom. The lowest BCUT2D eigenvalue weighted by Gasteiger charge is -2.09. The quantitative estimate of drug-likeness (QED) is 0.196. The molecule has 0 amide bonds. The molecule has 0 unspecified atom stereocenters. The monoisotopic (exact) mass is 416 g/mol. The van der Waals surface area contributed by atoms with Crippen LogP contribution in [0.3, 0.4) is 0 Å². The van der Waals surface area contributed by atoms with Gasteiger partial charge in [-0.3, -0.25) is 4.79 Å². The summed E-state index contributed by atoms with van der Waals surface area (Å²) >= 11 is 1.33. The van der Waals surface area contributed by atoms with Gasteiger partial charge in [0.05, 0.1) is 4.88 Å². The van der Waals surface area contributed by atoms with Gasteiger partial charge in [0.2, 0.25) is 5.78 Å². The topological polar surface area (TPSA) is 54.6 Å². The molecule has 0 bridgehead atoms. The number of alkyl halides is 3. The number of carbonyl (C=O) groups is 1. The summed E-state index contributed by atoms with van der Waals surface area (Å²) in [5, 5.41) is 14.4. The highest BCUT2D eigenvalue weighted by atomic mass is 32.1. The largest absolute Gasteiger partial charge is 0.437 e. The molecule has 0 saturated carbocycles. The van der Waals surface area contributed by atoms with Crippen LogP contribution >= 0.6 is 11.3 Å². The third-order valence-electron chi connectivity index (χ3n) is 4.83. The second kappa shape index (κ2) is 7.04. The minimum Gasteiger partial charge on any atom is -0.410 e. The Morgan fingerprint density at radius 3 is 2.21 bits per heavy atom. The molecule has 8 heteroatoms. The molecule has 148 valence electrons. The van der Waals surface area contributed by atoms with Gasteiger partial charge in [-0.15, -0.1) is 11.3 Å². The number of hydrogen-bond donors (Lipinski definition) is 1. The van der Waals surface area contributed by atoms with Crippen molar-refractivity contribution in [3.63, 3.8) is 0 Å². The van der Waals surface area contributed by atoms with Gasteiger partial charge in [-0.1, -0.05) is 17.3 Å². The Morgan fingerprint density at radius 2 is 1.69 bits per heavy atom. The number of fused-ring (bicyclic) bond motifs is 3. The third-order valence-corrected chi connectivity index (χ3v) is 5.70. The van der Waals surface area contributed by atoms with Crippen molar-refractivity contribution in [1.29, 1.82) is 0 Å². The van der Waals surface area contributed by atoms with Crippen LogP contribution in [0.4, 0.5) is 13.2 Å². The van der Waals surface area contributed by atoms with Gasteiger partial charge in [-0.05, 0) is 48.7 Å². The van der Waals surface area contributed by atoms with Gasteiger partial charge < -0.3 is 9.77 Å². The number of rotatable bonds is 4. The summed E-state index contributed by atoms with van der Waals surface area (Å²) in [7, 11) is 0. The van der Waals surface area contributed by atoms with E-state index in [2.05, 4.69) is 5.16 Å². The van der Waals surface area contributed by atoms with Crippen LogP contribution in [0.5, 0.6) is 0 Å². The van der Waals surface area contributed by atoms with Gasteiger partial charge in [0.25, 0.3) is 0 Å². The number of oxime groups is 1. The first kappa shape index (κ1) is 19.2. The summed E-state index contributed by atoms with van der Waals surface area (Å²) in [4.78, 5) is 13.3. The van der Waals surface area contributed by atoms with Crippen LogP contribution in [0.1, 0.15) is 27.7 Å². The van der Waals surface area contributed by atoms with E-state index < -0.39 is 11.9 Å². The fourth-order valence-electron chi connectivity index (χ4n) is 3.56. The SMILES string of the molecule is CCn1c2ccc(C(=O)c3cccs3)cc2c2cc(/C(=N/O)C(F)(F)F)ccc21. The van der Waals surface area contributed by atoms with Crippen molar-refractivity contribution in [3.8, 4) is 0 Å². The Kier molecular flexibility index (Phi) is 4.66. The highest BCUT2D eigenvalue weighted by molar-refractivity contribution is 7.12. The molecule has 0 aliphatic heterocycles. The third kappa shape index (κ3) is 3.19. The fourth-order valence-corrected chi connectivity index (χ4v) is 4.25. The van der Waals surface area contributed by atoms with E-state index in [1.807, 2.05) is 22.9 Å². The number of aromatic nitrogens is 1. The number of benzene rings is 2. The molecule has 1 N–H and O–H groups in total. The van der Waals surface area contributed by atoms with Crippen LogP contribution in [0, 0.1) is 0 Å². The van der Waals surface area contributed by atoms with Gasteiger partial charge in [0, 0.05) is 39.5 Å². The molecule has 0 saturated heterocycles. The molecule has 4 rings (SSSR count). The molecule has 0 fully saturated rings. The van der Waals surface area contributed by atoms with Crippen molar-refractivity contribution in [2.45, 2.75) is 19.6 Å². The predicted octanol–water partition coefficient (Wildman–Crippen LogP) is 5.85. The molecule has 2 aromatic heterocycles. The first-order valence-electron chi connectivity index (χ1n) is 8.79. The summed E-state index contributed by atoms with van der Waals surface area (Å²) in [5.41, 5.74) is 0.427. The summed E-state index contributed by atoms with van der Waals surface area (Å²) in [6, 6.07) is 13.0. The van der Waals surface area contributed by atoms with Crippen LogP contribution in [0.2, 0.25) is 0 Å². The average molecular weight is 416 g/mol. The maximum atomic E-state index is 13.2. The average Bonchev–Trinajstić information content (AvgIpc) is 3.32. The molecule has 4 nitrogen and oxygen atoms in total. The van der Waals surface area contributed by atoms with Crippen LogP contribution in [-0.2, 0) is 6.54 Å². The van der Waals surface area contributed by atoms with E-state index in [4.69, 9.17) is 5.21 Å². The van der Waals surface area contributed by atoms with Gasteiger partial charge in [0.1, 0.15) is 0 Å². The second-order valence-electron chi connectivity index (χ2n) is 6.46. The smallest absolute Gasteiger partial charge is 0.410 e. The fraction of sp³-hybridized carbons (Fsp3) is 0.143. The molecular weight excluding hydrogens is 401 g/mol. The number of hydrogen-bond acceptors (Lipinski definition) is 4. The molecule has 0 atom stereocenters. The number of nitrogens with zero attached hydrogens (tertiary/aromatic N) is 2. The summed E-state index contributed by atoms with van der Waals surface area (Å²) in [5.74, 6) is -0.136. The highest BCUT2D eigenvalue weighted by Crippen LogP contribution is 2.33. The summed E-state index contributed by atoms with van der Waals surface area (Å²) in [6.45, 7) is 2.55. The number of thiophene rings is 1. The minimum atomic E-state index is -4.79. The van der Waals surface area contributed by atoms with E-state index in [0.717, 1.165) is 11.0 Å². The van der Waals surface area contributed by atoms with Crippen molar-refractivity contribution in [3.05, 3.63) is 69.9 Å². The van der Waals surface area contributed by atoms with Crippen LogP contribution in [-0.4, -0.2) is 27.4 Å². The predicted molar refractivity (Wildman–Crippen MR) is 107 cm³/mol. The van der Waals surface area contributed by atoms with Gasteiger partial charge in [-0.25, -0.2) is 0 Å². The molecule has 4 aromatic rings. The molecular formula is C21H15F3N2O2S. The van der Waals surface area contributed by atoms with Gasteiger partial charge in [-0.2, -0.15) is 13.2 Å². The van der Waals surface area contributed by atoms with Crippen molar-refractivity contribution in [2.75, 3.05) is 0 Å². The lowest BCUT2D eigenvalue weighted by atomic mass is 10.0. The number of halogens is 3. The number of carbonyl (C=O) groups excluding carboxylic acids is 1. The van der Waals surface area contributed by atoms with Crippen molar-refractivity contribution in [1.82, 2.24) is 4.57 Å². The molecule has 0 spiro atoms. The zero-order chi connectivity index (χ0) is 20.8. The van der Waals surface area contributed by atoms with E-state index >= 15 is 0 Å². The highest BCUT2D eigenvalue weighted by Gasteiger charge is 2.37. The lowest BCUT2D eigenvalue weighted by molar-refractivity contribution is -0.0601. The molecule has 2 heterocycles. The second-order valence-corrected chi connectivity index (χ2v) is 7.41. The zero-order valence-electron chi connectivity index (χ0n) is 15.2. The van der Waals surface area contributed by atoms with E-state index in [0.29, 0.717) is 27.8 Å². The summed E-state index contributed by atoms with van der Waals surface area (Å²) in [6.07, 6.45) is -4.79. The number of aryl methyl sites for hydroxylation is 1. The van der Waals surface area contributed by atoms with Crippen LogP contribution in [0.25, 0.3) is 21.8 Å². The Balaban J connectivity index is 1.96. The summed E-state index contributed by atoms with van der Waals surface area (Å²) < 4.78 is 41.5. The van der Waals surface area contributed by atoms with Crippen molar-refractivity contribution >= 4 is 44.6 Å². The van der Waals surface area contributed by atoms with Crippen molar-refractivity contribution in [2.24, 2.45) is 5.16 Å². The molecule has 0 aliphatic carbocycles. The van der Waals surface area contributed by atoms with Crippen molar-refractivity contribution < 1.29 is 23.2 Å². The van der Waals surface area contributed by atoms with E-state index in [1.165, 1.54) is 23.5 Å².